The molecule has 120 valence electrons. The lowest BCUT2D eigenvalue weighted by molar-refractivity contribution is 0.586. The Morgan fingerprint density at radius 2 is 1.82 bits per heavy atom. The highest BCUT2D eigenvalue weighted by atomic mass is 32.2. The summed E-state index contributed by atoms with van der Waals surface area (Å²) in [4.78, 5) is 12.6. The van der Waals surface area contributed by atoms with Crippen molar-refractivity contribution in [1.82, 2.24) is 9.36 Å². The zero-order valence-corrected chi connectivity index (χ0v) is 14.0. The molecule has 2 rings (SSSR count). The maximum absolute atomic E-state index is 12.6. The zero-order valence-electron chi connectivity index (χ0n) is 13.2. The third kappa shape index (κ3) is 2.81. The van der Waals surface area contributed by atoms with E-state index < -0.39 is 15.3 Å². The second-order valence-electron chi connectivity index (χ2n) is 5.30. The molecule has 0 saturated carbocycles. The molecule has 0 saturated heterocycles. The quantitative estimate of drug-likeness (QED) is 0.915. The highest BCUT2D eigenvalue weighted by molar-refractivity contribution is 7.93. The van der Waals surface area contributed by atoms with E-state index in [1.807, 2.05) is 18.2 Å². The standard InChI is InChI=1S/C15H21N3O3S/c1-5-11(2)22(20,21)16-14-12(3)17(4)18(15(14)19)13-9-7-6-8-10-13/h6-11,16H,5H2,1-4H3/t11-/m1/s1. The number of rotatable bonds is 5. The van der Waals surface area contributed by atoms with Gasteiger partial charge in [-0.3, -0.25) is 14.2 Å². The number of nitrogens with zero attached hydrogens (tertiary/aromatic N) is 2. The van der Waals surface area contributed by atoms with Gasteiger partial charge in [0.2, 0.25) is 10.0 Å². The minimum absolute atomic E-state index is 0.103. The van der Waals surface area contributed by atoms with E-state index in [0.29, 0.717) is 17.8 Å². The van der Waals surface area contributed by atoms with Crippen molar-refractivity contribution in [2.24, 2.45) is 7.05 Å². The van der Waals surface area contributed by atoms with Crippen LogP contribution in [0.2, 0.25) is 0 Å². The Hall–Kier alpha value is -2.02. The molecule has 0 amide bonds. The third-order valence-electron chi connectivity index (χ3n) is 3.90. The second kappa shape index (κ2) is 6.00. The number of sulfonamides is 1. The van der Waals surface area contributed by atoms with E-state index in [-0.39, 0.29) is 11.2 Å². The van der Waals surface area contributed by atoms with Gasteiger partial charge in [-0.15, -0.1) is 0 Å². The number of aromatic nitrogens is 2. The summed E-state index contributed by atoms with van der Waals surface area (Å²) >= 11 is 0. The van der Waals surface area contributed by atoms with Gasteiger partial charge in [-0.05, 0) is 32.4 Å². The van der Waals surface area contributed by atoms with Gasteiger partial charge >= 0.3 is 0 Å². The first-order valence-electron chi connectivity index (χ1n) is 7.15. The van der Waals surface area contributed by atoms with Crippen LogP contribution in [0.25, 0.3) is 5.69 Å². The smallest absolute Gasteiger partial charge is 0.283 e. The van der Waals surface area contributed by atoms with Crippen molar-refractivity contribution in [3.63, 3.8) is 0 Å². The van der Waals surface area contributed by atoms with E-state index in [9.17, 15) is 13.2 Å². The molecule has 0 fully saturated rings. The lowest BCUT2D eigenvalue weighted by Crippen LogP contribution is -2.28. The van der Waals surface area contributed by atoms with Crippen molar-refractivity contribution in [3.8, 4) is 5.69 Å². The van der Waals surface area contributed by atoms with Gasteiger partial charge in [0.25, 0.3) is 5.56 Å². The minimum Gasteiger partial charge on any atom is -0.283 e. The number of para-hydroxylation sites is 1. The van der Waals surface area contributed by atoms with Gasteiger partial charge in [0.15, 0.2) is 0 Å². The summed E-state index contributed by atoms with van der Waals surface area (Å²) in [6.07, 6.45) is 0.480. The first-order valence-corrected chi connectivity index (χ1v) is 8.70. The van der Waals surface area contributed by atoms with Crippen LogP contribution in [-0.2, 0) is 17.1 Å². The van der Waals surface area contributed by atoms with Gasteiger partial charge in [-0.1, -0.05) is 25.1 Å². The molecule has 6 nitrogen and oxygen atoms in total. The van der Waals surface area contributed by atoms with Crippen LogP contribution in [0.1, 0.15) is 26.0 Å². The fourth-order valence-corrected chi connectivity index (χ4v) is 3.31. The Morgan fingerprint density at radius 3 is 2.36 bits per heavy atom. The van der Waals surface area contributed by atoms with Crippen LogP contribution in [0, 0.1) is 6.92 Å². The molecule has 0 unspecified atom stereocenters. The average molecular weight is 323 g/mol. The zero-order chi connectivity index (χ0) is 16.5. The molecule has 0 aliphatic carbocycles. The van der Waals surface area contributed by atoms with E-state index in [1.165, 1.54) is 4.68 Å². The largest absolute Gasteiger partial charge is 0.296 e. The van der Waals surface area contributed by atoms with Crippen LogP contribution < -0.4 is 10.3 Å². The second-order valence-corrected chi connectivity index (χ2v) is 7.40. The number of nitrogens with one attached hydrogen (secondary N) is 1. The van der Waals surface area contributed by atoms with Crippen LogP contribution in [0.3, 0.4) is 0 Å². The average Bonchev–Trinajstić information content (AvgIpc) is 2.71. The van der Waals surface area contributed by atoms with E-state index in [1.54, 1.807) is 44.6 Å². The number of anilines is 1. The summed E-state index contributed by atoms with van der Waals surface area (Å²) in [5.74, 6) is 0. The molecule has 0 bridgehead atoms. The molecule has 0 aliphatic heterocycles. The fraction of sp³-hybridized carbons (Fsp3) is 0.400. The van der Waals surface area contributed by atoms with Crippen molar-refractivity contribution in [2.75, 3.05) is 4.72 Å². The van der Waals surface area contributed by atoms with Crippen molar-refractivity contribution >= 4 is 15.7 Å². The topological polar surface area (TPSA) is 73.1 Å². The van der Waals surface area contributed by atoms with Crippen molar-refractivity contribution < 1.29 is 8.42 Å². The summed E-state index contributed by atoms with van der Waals surface area (Å²) in [6.45, 7) is 5.13. The summed E-state index contributed by atoms with van der Waals surface area (Å²) in [6, 6.07) is 9.11. The lowest BCUT2D eigenvalue weighted by Gasteiger charge is -2.11. The normalized spacial score (nSPS) is 13.1. The van der Waals surface area contributed by atoms with Gasteiger partial charge in [-0.2, -0.15) is 0 Å². The molecule has 0 spiro atoms. The molecule has 1 N–H and O–H groups in total. The maximum Gasteiger partial charge on any atom is 0.296 e. The van der Waals surface area contributed by atoms with Crippen molar-refractivity contribution in [1.29, 1.82) is 0 Å². The van der Waals surface area contributed by atoms with Gasteiger partial charge in [0, 0.05) is 7.05 Å². The van der Waals surface area contributed by atoms with Crippen molar-refractivity contribution in [2.45, 2.75) is 32.4 Å². The first kappa shape index (κ1) is 16.4. The highest BCUT2D eigenvalue weighted by Gasteiger charge is 2.24. The van der Waals surface area contributed by atoms with Crippen LogP contribution >= 0.6 is 0 Å². The minimum atomic E-state index is -3.57. The SMILES string of the molecule is CC[C@@H](C)S(=O)(=O)Nc1c(C)n(C)n(-c2ccccc2)c1=O. The molecule has 2 aromatic rings. The molecule has 0 radical (unpaired) electrons. The van der Waals surface area contributed by atoms with Gasteiger partial charge in [0.1, 0.15) is 5.69 Å². The van der Waals surface area contributed by atoms with E-state index in [0.717, 1.165) is 0 Å². The fourth-order valence-electron chi connectivity index (χ4n) is 2.15. The van der Waals surface area contributed by atoms with Gasteiger partial charge in [-0.25, -0.2) is 13.1 Å². The van der Waals surface area contributed by atoms with Crippen LogP contribution in [0.5, 0.6) is 0 Å². The first-order chi connectivity index (χ1) is 10.3. The van der Waals surface area contributed by atoms with Crippen LogP contribution in [0.4, 0.5) is 5.69 Å². The summed E-state index contributed by atoms with van der Waals surface area (Å²) in [5, 5.41) is -0.559. The Labute approximate surface area is 130 Å². The van der Waals surface area contributed by atoms with E-state index in [2.05, 4.69) is 4.72 Å². The third-order valence-corrected chi connectivity index (χ3v) is 5.78. The van der Waals surface area contributed by atoms with E-state index in [4.69, 9.17) is 0 Å². The Balaban J connectivity index is 2.55. The van der Waals surface area contributed by atoms with Gasteiger partial charge < -0.3 is 0 Å². The Bertz CT molecular complexity index is 820. The van der Waals surface area contributed by atoms with Crippen molar-refractivity contribution in [3.05, 3.63) is 46.4 Å². The Morgan fingerprint density at radius 1 is 1.23 bits per heavy atom. The summed E-state index contributed by atoms with van der Waals surface area (Å²) in [7, 11) is -1.84. The lowest BCUT2D eigenvalue weighted by atomic mass is 10.3. The van der Waals surface area contributed by atoms with Crippen LogP contribution in [-0.4, -0.2) is 23.0 Å². The summed E-state index contributed by atoms with van der Waals surface area (Å²) < 4.78 is 30.0. The molecule has 7 heteroatoms. The monoisotopic (exact) mass is 323 g/mol. The Kier molecular flexibility index (Phi) is 4.46. The number of benzene rings is 1. The molecule has 22 heavy (non-hydrogen) atoms. The highest BCUT2D eigenvalue weighted by Crippen LogP contribution is 2.17. The molecule has 1 aromatic heterocycles. The number of hydrogen-bond donors (Lipinski definition) is 1. The summed E-state index contributed by atoms with van der Waals surface area (Å²) in [5.41, 5.74) is 0.984. The predicted octanol–water partition coefficient (Wildman–Crippen LogP) is 2.02. The molecule has 1 atom stereocenters. The molecule has 0 aliphatic rings. The van der Waals surface area contributed by atoms with E-state index >= 15 is 0 Å². The predicted molar refractivity (Wildman–Crippen MR) is 88.0 cm³/mol. The molecular weight excluding hydrogens is 302 g/mol. The maximum atomic E-state index is 12.6. The van der Waals surface area contributed by atoms with Crippen LogP contribution in [0.15, 0.2) is 35.1 Å². The molecular formula is C15H21N3O3S. The van der Waals surface area contributed by atoms with Gasteiger partial charge in [0.05, 0.1) is 16.6 Å². The molecule has 1 aromatic carbocycles. The molecule has 1 heterocycles. The number of hydrogen-bond acceptors (Lipinski definition) is 3.